The van der Waals surface area contributed by atoms with Gasteiger partial charge in [0.05, 0.1) is 6.10 Å². The van der Waals surface area contributed by atoms with Gasteiger partial charge >= 0.3 is 0 Å². The summed E-state index contributed by atoms with van der Waals surface area (Å²) in [6.07, 6.45) is 2.38. The van der Waals surface area contributed by atoms with Gasteiger partial charge in [-0.3, -0.25) is 9.59 Å². The Morgan fingerprint density at radius 2 is 2.26 bits per heavy atom. The lowest BCUT2D eigenvalue weighted by Crippen LogP contribution is -2.46. The number of piperidine rings is 1. The predicted molar refractivity (Wildman–Crippen MR) is 71.7 cm³/mol. The van der Waals surface area contributed by atoms with Crippen LogP contribution in [0.25, 0.3) is 0 Å². The van der Waals surface area contributed by atoms with Crippen molar-refractivity contribution in [1.29, 1.82) is 0 Å². The van der Waals surface area contributed by atoms with Crippen LogP contribution < -0.4 is 5.56 Å². The van der Waals surface area contributed by atoms with Crippen molar-refractivity contribution in [2.45, 2.75) is 32.4 Å². The lowest BCUT2D eigenvalue weighted by atomic mass is 9.96. The van der Waals surface area contributed by atoms with Crippen LogP contribution in [0.3, 0.4) is 0 Å². The molecule has 19 heavy (non-hydrogen) atoms. The van der Waals surface area contributed by atoms with E-state index in [2.05, 4.69) is 0 Å². The zero-order valence-corrected chi connectivity index (χ0v) is 11.2. The van der Waals surface area contributed by atoms with Crippen LogP contribution in [0, 0.1) is 5.92 Å². The molecule has 2 heterocycles. The number of aromatic nitrogens is 1. The van der Waals surface area contributed by atoms with Gasteiger partial charge in [-0.2, -0.15) is 0 Å². The second-order valence-electron chi connectivity index (χ2n) is 5.16. The molecule has 5 heteroatoms. The minimum absolute atomic E-state index is 0.00158. The Kier molecular flexibility index (Phi) is 4.37. The molecule has 1 amide bonds. The molecule has 1 aliphatic heterocycles. The Labute approximate surface area is 112 Å². The van der Waals surface area contributed by atoms with Crippen LogP contribution in [0.4, 0.5) is 0 Å². The number of nitrogens with zero attached hydrogens (tertiary/aromatic N) is 2. The third-order valence-electron chi connectivity index (χ3n) is 3.74. The van der Waals surface area contributed by atoms with Crippen molar-refractivity contribution in [3.8, 4) is 0 Å². The number of aliphatic hydroxyl groups is 1. The molecular formula is C14H20N2O3. The standard InChI is InChI=1S/C14H20N2O3/c1-11-5-8-16(10-12(11)17)14(19)6-9-15-7-3-2-4-13(15)18/h2-4,7,11-12,17H,5-6,8-10H2,1H3. The van der Waals surface area contributed by atoms with E-state index < -0.39 is 6.10 Å². The first-order chi connectivity index (χ1) is 9.08. The molecule has 0 saturated carbocycles. The number of amides is 1. The number of likely N-dealkylation sites (tertiary alicyclic amines) is 1. The zero-order chi connectivity index (χ0) is 13.8. The van der Waals surface area contributed by atoms with Gasteiger partial charge in [0.2, 0.25) is 5.91 Å². The number of rotatable bonds is 3. The van der Waals surface area contributed by atoms with Gasteiger partial charge in [0.25, 0.3) is 5.56 Å². The molecule has 1 aromatic heterocycles. The molecule has 2 rings (SSSR count). The molecular weight excluding hydrogens is 244 g/mol. The van der Waals surface area contributed by atoms with Crippen molar-refractivity contribution < 1.29 is 9.90 Å². The summed E-state index contributed by atoms with van der Waals surface area (Å²) >= 11 is 0. The van der Waals surface area contributed by atoms with Crippen LogP contribution in [0.2, 0.25) is 0 Å². The average Bonchev–Trinajstić information content (AvgIpc) is 2.40. The quantitative estimate of drug-likeness (QED) is 0.863. The molecule has 1 aromatic rings. The maximum absolute atomic E-state index is 12.0. The molecule has 0 aliphatic carbocycles. The average molecular weight is 264 g/mol. The van der Waals surface area contributed by atoms with Gasteiger partial charge in [-0.15, -0.1) is 0 Å². The molecule has 1 aliphatic rings. The lowest BCUT2D eigenvalue weighted by molar-refractivity contribution is -0.135. The number of carbonyl (C=O) groups excluding carboxylic acids is 1. The minimum Gasteiger partial charge on any atom is -0.391 e. The largest absolute Gasteiger partial charge is 0.391 e. The number of β-amino-alcohol motifs (C(OH)–C–C–N with tert-alkyl or cyclic N) is 1. The first-order valence-electron chi connectivity index (χ1n) is 6.69. The van der Waals surface area contributed by atoms with Gasteiger partial charge in [-0.1, -0.05) is 13.0 Å². The molecule has 0 bridgehead atoms. The predicted octanol–water partition coefficient (Wildman–Crippen LogP) is 0.468. The number of carbonyl (C=O) groups is 1. The van der Waals surface area contributed by atoms with Crippen LogP contribution in [-0.2, 0) is 11.3 Å². The van der Waals surface area contributed by atoms with E-state index in [9.17, 15) is 14.7 Å². The van der Waals surface area contributed by atoms with E-state index in [1.165, 1.54) is 10.6 Å². The normalized spacial score (nSPS) is 23.4. The highest BCUT2D eigenvalue weighted by Crippen LogP contribution is 2.17. The van der Waals surface area contributed by atoms with Crippen molar-refractivity contribution >= 4 is 5.91 Å². The van der Waals surface area contributed by atoms with Crippen molar-refractivity contribution in [2.75, 3.05) is 13.1 Å². The van der Waals surface area contributed by atoms with Gasteiger partial charge in [-0.05, 0) is 18.4 Å². The number of hydrogen-bond acceptors (Lipinski definition) is 3. The van der Waals surface area contributed by atoms with Gasteiger partial charge in [0, 0.05) is 38.3 Å². The van der Waals surface area contributed by atoms with Crippen LogP contribution in [-0.4, -0.2) is 39.7 Å². The van der Waals surface area contributed by atoms with E-state index in [4.69, 9.17) is 0 Å². The Morgan fingerprint density at radius 1 is 1.47 bits per heavy atom. The highest BCUT2D eigenvalue weighted by atomic mass is 16.3. The van der Waals surface area contributed by atoms with Gasteiger partial charge in [0.1, 0.15) is 0 Å². The van der Waals surface area contributed by atoms with Crippen LogP contribution in [0.5, 0.6) is 0 Å². The molecule has 1 saturated heterocycles. The zero-order valence-electron chi connectivity index (χ0n) is 11.2. The summed E-state index contributed by atoms with van der Waals surface area (Å²) in [4.78, 5) is 25.2. The Hall–Kier alpha value is -1.62. The molecule has 0 spiro atoms. The summed E-state index contributed by atoms with van der Waals surface area (Å²) in [5, 5.41) is 9.78. The van der Waals surface area contributed by atoms with E-state index in [1.54, 1.807) is 23.2 Å². The molecule has 5 nitrogen and oxygen atoms in total. The smallest absolute Gasteiger partial charge is 0.250 e. The second-order valence-corrected chi connectivity index (χ2v) is 5.16. The van der Waals surface area contributed by atoms with Crippen LogP contribution >= 0.6 is 0 Å². The number of aryl methyl sites for hydroxylation is 1. The van der Waals surface area contributed by atoms with E-state index >= 15 is 0 Å². The maximum atomic E-state index is 12.0. The Balaban J connectivity index is 1.88. The second kappa shape index (κ2) is 6.02. The molecule has 1 fully saturated rings. The Morgan fingerprint density at radius 3 is 2.95 bits per heavy atom. The van der Waals surface area contributed by atoms with Gasteiger partial charge in [0.15, 0.2) is 0 Å². The fourth-order valence-electron chi connectivity index (χ4n) is 2.30. The fourth-order valence-corrected chi connectivity index (χ4v) is 2.30. The summed E-state index contributed by atoms with van der Waals surface area (Å²) in [5.41, 5.74) is -0.0948. The number of pyridine rings is 1. The van der Waals surface area contributed by atoms with Gasteiger partial charge < -0.3 is 14.6 Å². The van der Waals surface area contributed by atoms with E-state index in [1.807, 2.05) is 6.92 Å². The lowest BCUT2D eigenvalue weighted by Gasteiger charge is -2.34. The van der Waals surface area contributed by atoms with Crippen molar-refractivity contribution in [2.24, 2.45) is 5.92 Å². The summed E-state index contributed by atoms with van der Waals surface area (Å²) < 4.78 is 1.53. The summed E-state index contributed by atoms with van der Waals surface area (Å²) in [6, 6.07) is 4.94. The summed E-state index contributed by atoms with van der Waals surface area (Å²) in [7, 11) is 0. The molecule has 2 atom stereocenters. The maximum Gasteiger partial charge on any atom is 0.250 e. The molecule has 2 unspecified atom stereocenters. The fraction of sp³-hybridized carbons (Fsp3) is 0.571. The molecule has 0 radical (unpaired) electrons. The molecule has 1 N–H and O–H groups in total. The summed E-state index contributed by atoms with van der Waals surface area (Å²) in [5.74, 6) is 0.252. The monoisotopic (exact) mass is 264 g/mol. The SMILES string of the molecule is CC1CCN(C(=O)CCn2ccccc2=O)CC1O. The molecule has 0 aromatic carbocycles. The van der Waals surface area contributed by atoms with Crippen molar-refractivity contribution in [1.82, 2.24) is 9.47 Å². The summed E-state index contributed by atoms with van der Waals surface area (Å²) in [6.45, 7) is 3.49. The third kappa shape index (κ3) is 3.44. The Bertz CT molecular complexity index is 497. The third-order valence-corrected chi connectivity index (χ3v) is 3.74. The minimum atomic E-state index is -0.433. The van der Waals surface area contributed by atoms with E-state index in [0.717, 1.165) is 6.42 Å². The van der Waals surface area contributed by atoms with E-state index in [-0.39, 0.29) is 17.4 Å². The first-order valence-corrected chi connectivity index (χ1v) is 6.69. The van der Waals surface area contributed by atoms with Crippen LogP contribution in [0.1, 0.15) is 19.8 Å². The van der Waals surface area contributed by atoms with Crippen molar-refractivity contribution in [3.63, 3.8) is 0 Å². The number of aliphatic hydroxyl groups excluding tert-OH is 1. The topological polar surface area (TPSA) is 62.5 Å². The van der Waals surface area contributed by atoms with E-state index in [0.29, 0.717) is 26.1 Å². The highest BCUT2D eigenvalue weighted by Gasteiger charge is 2.26. The highest BCUT2D eigenvalue weighted by molar-refractivity contribution is 5.76. The van der Waals surface area contributed by atoms with Gasteiger partial charge in [-0.25, -0.2) is 0 Å². The van der Waals surface area contributed by atoms with Crippen LogP contribution in [0.15, 0.2) is 29.2 Å². The first kappa shape index (κ1) is 13.8. The molecule has 104 valence electrons. The number of hydrogen-bond donors (Lipinski definition) is 1. The van der Waals surface area contributed by atoms with Crippen molar-refractivity contribution in [3.05, 3.63) is 34.7 Å².